The Kier molecular flexibility index (Phi) is 3.80. The van der Waals surface area contributed by atoms with E-state index in [0.717, 1.165) is 25.9 Å². The molecule has 2 rings (SSSR count). The van der Waals surface area contributed by atoms with Crippen LogP contribution >= 0.6 is 11.8 Å². The highest BCUT2D eigenvalue weighted by Gasteiger charge is 2.43. The molecule has 0 aromatic rings. The molecular weight excluding hydrogens is 246 g/mol. The molecule has 0 amide bonds. The first-order valence-electron chi connectivity index (χ1n) is 5.59. The molecule has 1 saturated carbocycles. The van der Waals surface area contributed by atoms with Gasteiger partial charge in [-0.1, -0.05) is 0 Å². The predicted molar refractivity (Wildman–Crippen MR) is 66.8 cm³/mol. The Labute approximate surface area is 102 Å². The summed E-state index contributed by atoms with van der Waals surface area (Å²) in [7, 11) is -3.26. The van der Waals surface area contributed by atoms with Crippen molar-refractivity contribution in [2.24, 2.45) is 0 Å². The van der Waals surface area contributed by atoms with E-state index in [4.69, 9.17) is 0 Å². The van der Waals surface area contributed by atoms with Crippen molar-refractivity contribution < 1.29 is 8.42 Å². The summed E-state index contributed by atoms with van der Waals surface area (Å²) in [5.41, 5.74) is 0. The molecule has 0 radical (unpaired) electrons. The zero-order valence-corrected chi connectivity index (χ0v) is 11.2. The molecule has 7 heteroatoms. The molecule has 0 bridgehead atoms. The Morgan fingerprint density at radius 1 is 1.38 bits per heavy atom. The van der Waals surface area contributed by atoms with Gasteiger partial charge in [-0.3, -0.25) is 0 Å². The molecule has 0 aromatic carbocycles. The zero-order valence-electron chi connectivity index (χ0n) is 9.53. The van der Waals surface area contributed by atoms with Crippen LogP contribution in [0, 0.1) is 0 Å². The fraction of sp³-hybridized carbons (Fsp3) is 1.00. The highest BCUT2D eigenvalue weighted by Crippen LogP contribution is 2.46. The van der Waals surface area contributed by atoms with Crippen LogP contribution in [0.4, 0.5) is 0 Å². The maximum absolute atomic E-state index is 12.0. The summed E-state index contributed by atoms with van der Waals surface area (Å²) in [5.74, 6) is 0. The maximum atomic E-state index is 12.0. The lowest BCUT2D eigenvalue weighted by Crippen LogP contribution is -2.51. The van der Waals surface area contributed by atoms with Crippen molar-refractivity contribution in [1.29, 1.82) is 0 Å². The molecular formula is C9H19N3O2S2. The van der Waals surface area contributed by atoms with Crippen molar-refractivity contribution >= 4 is 22.0 Å². The van der Waals surface area contributed by atoms with E-state index in [-0.39, 0.29) is 4.75 Å². The summed E-state index contributed by atoms with van der Waals surface area (Å²) in [6.45, 7) is 3.20. The van der Waals surface area contributed by atoms with Gasteiger partial charge in [0.05, 0.1) is 0 Å². The second-order valence-electron chi connectivity index (χ2n) is 4.36. The fourth-order valence-corrected chi connectivity index (χ4v) is 3.91. The molecule has 2 fully saturated rings. The van der Waals surface area contributed by atoms with E-state index in [1.54, 1.807) is 11.8 Å². The zero-order chi connectivity index (χ0) is 11.6. The van der Waals surface area contributed by atoms with Crippen molar-refractivity contribution in [3.63, 3.8) is 0 Å². The summed E-state index contributed by atoms with van der Waals surface area (Å²) in [5, 5.41) is 3.14. The summed E-state index contributed by atoms with van der Waals surface area (Å²) >= 11 is 1.77. The lowest BCUT2D eigenvalue weighted by Gasteiger charge is -2.27. The van der Waals surface area contributed by atoms with Crippen LogP contribution in [0.15, 0.2) is 0 Å². The molecule has 0 unspecified atom stereocenters. The first kappa shape index (κ1) is 12.6. The lowest BCUT2D eigenvalue weighted by atomic mass is 10.4. The largest absolute Gasteiger partial charge is 0.314 e. The number of nitrogens with one attached hydrogen (secondary N) is 2. The summed E-state index contributed by atoms with van der Waals surface area (Å²) in [4.78, 5) is 0. The third kappa shape index (κ3) is 2.89. The van der Waals surface area contributed by atoms with Gasteiger partial charge in [0.25, 0.3) is 10.2 Å². The number of piperazine rings is 1. The van der Waals surface area contributed by atoms with Crippen LogP contribution in [0.5, 0.6) is 0 Å². The van der Waals surface area contributed by atoms with Gasteiger partial charge in [-0.2, -0.15) is 24.5 Å². The van der Waals surface area contributed by atoms with E-state index in [9.17, 15) is 8.42 Å². The van der Waals surface area contributed by atoms with E-state index in [2.05, 4.69) is 10.0 Å². The Morgan fingerprint density at radius 3 is 2.50 bits per heavy atom. The van der Waals surface area contributed by atoms with Crippen LogP contribution in [0.25, 0.3) is 0 Å². The molecule has 0 spiro atoms. The standard InChI is InChI=1S/C9H19N3O2S2/c1-15-9(2-3-9)8-11-16(13,14)12-6-4-10-5-7-12/h10-11H,2-8H2,1H3. The monoisotopic (exact) mass is 265 g/mol. The minimum absolute atomic E-state index is 0.182. The van der Waals surface area contributed by atoms with Crippen LogP contribution in [-0.2, 0) is 10.2 Å². The Bertz CT molecular complexity index is 335. The minimum Gasteiger partial charge on any atom is -0.314 e. The minimum atomic E-state index is -3.26. The molecule has 1 saturated heterocycles. The van der Waals surface area contributed by atoms with Crippen LogP contribution in [0.2, 0.25) is 0 Å². The smallest absolute Gasteiger partial charge is 0.279 e. The summed E-state index contributed by atoms with van der Waals surface area (Å²) in [6.07, 6.45) is 4.29. The Hall–Kier alpha value is 0.180. The van der Waals surface area contributed by atoms with Crippen LogP contribution in [-0.4, -0.2) is 56.4 Å². The quantitative estimate of drug-likeness (QED) is 0.711. The van der Waals surface area contributed by atoms with Crippen molar-refractivity contribution in [3.05, 3.63) is 0 Å². The normalized spacial score (nSPS) is 25.6. The number of rotatable bonds is 5. The van der Waals surface area contributed by atoms with Gasteiger partial charge in [-0.15, -0.1) is 0 Å². The van der Waals surface area contributed by atoms with Gasteiger partial charge in [0.15, 0.2) is 0 Å². The third-order valence-electron chi connectivity index (χ3n) is 3.23. The van der Waals surface area contributed by atoms with Crippen molar-refractivity contribution in [2.45, 2.75) is 17.6 Å². The first-order valence-corrected chi connectivity index (χ1v) is 8.25. The van der Waals surface area contributed by atoms with Gasteiger partial charge < -0.3 is 5.32 Å². The first-order chi connectivity index (χ1) is 7.58. The fourth-order valence-electron chi connectivity index (χ4n) is 1.79. The third-order valence-corrected chi connectivity index (χ3v) is 6.21. The van der Waals surface area contributed by atoms with Gasteiger partial charge in [0.2, 0.25) is 0 Å². The molecule has 2 aliphatic rings. The van der Waals surface area contributed by atoms with Gasteiger partial charge >= 0.3 is 0 Å². The average molecular weight is 265 g/mol. The second-order valence-corrected chi connectivity index (χ2v) is 7.39. The van der Waals surface area contributed by atoms with E-state index in [0.29, 0.717) is 19.6 Å². The van der Waals surface area contributed by atoms with E-state index < -0.39 is 10.2 Å². The van der Waals surface area contributed by atoms with E-state index in [1.165, 1.54) is 4.31 Å². The van der Waals surface area contributed by atoms with Crippen LogP contribution < -0.4 is 10.0 Å². The van der Waals surface area contributed by atoms with Crippen molar-refractivity contribution in [3.8, 4) is 0 Å². The number of nitrogens with zero attached hydrogens (tertiary/aromatic N) is 1. The van der Waals surface area contributed by atoms with Crippen molar-refractivity contribution in [1.82, 2.24) is 14.3 Å². The van der Waals surface area contributed by atoms with Gasteiger partial charge in [0.1, 0.15) is 0 Å². The topological polar surface area (TPSA) is 61.4 Å². The molecule has 1 heterocycles. The van der Waals surface area contributed by atoms with Crippen LogP contribution in [0.1, 0.15) is 12.8 Å². The highest BCUT2D eigenvalue weighted by molar-refractivity contribution is 8.00. The van der Waals surface area contributed by atoms with Crippen molar-refractivity contribution in [2.75, 3.05) is 39.0 Å². The summed E-state index contributed by atoms with van der Waals surface area (Å²) < 4.78 is 28.3. The number of hydrogen-bond acceptors (Lipinski definition) is 4. The molecule has 16 heavy (non-hydrogen) atoms. The number of thioether (sulfide) groups is 1. The van der Waals surface area contributed by atoms with E-state index in [1.807, 2.05) is 6.26 Å². The summed E-state index contributed by atoms with van der Waals surface area (Å²) in [6, 6.07) is 0. The molecule has 2 N–H and O–H groups in total. The van der Waals surface area contributed by atoms with Gasteiger partial charge in [-0.25, -0.2) is 4.72 Å². The van der Waals surface area contributed by atoms with Crippen LogP contribution in [0.3, 0.4) is 0 Å². The molecule has 5 nitrogen and oxygen atoms in total. The van der Waals surface area contributed by atoms with Gasteiger partial charge in [-0.05, 0) is 19.1 Å². The average Bonchev–Trinajstić information content (AvgIpc) is 3.09. The van der Waals surface area contributed by atoms with E-state index >= 15 is 0 Å². The second kappa shape index (κ2) is 4.81. The predicted octanol–water partition coefficient (Wildman–Crippen LogP) is -0.378. The van der Waals surface area contributed by atoms with Gasteiger partial charge in [0, 0.05) is 37.5 Å². The highest BCUT2D eigenvalue weighted by atomic mass is 32.2. The molecule has 1 aliphatic heterocycles. The molecule has 94 valence electrons. The molecule has 0 aromatic heterocycles. The SMILES string of the molecule is CSC1(CNS(=O)(=O)N2CCNCC2)CC1. The Morgan fingerprint density at radius 2 is 2.00 bits per heavy atom. The molecule has 0 atom stereocenters. The maximum Gasteiger partial charge on any atom is 0.279 e. The number of hydrogen-bond donors (Lipinski definition) is 2. The Balaban J connectivity index is 1.87. The lowest BCUT2D eigenvalue weighted by molar-refractivity contribution is 0.355. The molecule has 1 aliphatic carbocycles.